The molecule has 56 valence electrons. The Morgan fingerprint density at radius 2 is 1.44 bits per heavy atom. The topological polar surface area (TPSA) is 40.5 Å². The molecule has 2 nitrogen and oxygen atoms in total. The third kappa shape index (κ3) is 2.82. The van der Waals surface area contributed by atoms with Gasteiger partial charge in [-0.3, -0.25) is 0 Å². The number of hydrogen-bond acceptors (Lipinski definition) is 2. The van der Waals surface area contributed by atoms with Gasteiger partial charge in [0.05, 0.1) is 12.2 Å². The lowest BCUT2D eigenvalue weighted by molar-refractivity contribution is 0.0299. The van der Waals surface area contributed by atoms with Crippen molar-refractivity contribution < 1.29 is 10.2 Å². The van der Waals surface area contributed by atoms with Gasteiger partial charge in [-0.2, -0.15) is 0 Å². The zero-order valence-electron chi connectivity index (χ0n) is 6.33. The molecule has 0 spiro atoms. The number of aliphatic hydroxyl groups excluding tert-OH is 2. The molecule has 2 N–H and O–H groups in total. The fraction of sp³-hybridized carbons (Fsp3) is 1.00. The predicted octanol–water partition coefficient (Wildman–Crippen LogP) is 0.774. The minimum absolute atomic E-state index is 0.0324. The van der Waals surface area contributed by atoms with E-state index < -0.39 is 12.2 Å². The zero-order chi connectivity index (χ0) is 7.44. The van der Waals surface area contributed by atoms with Crippen LogP contribution in [0, 0.1) is 5.92 Å². The van der Waals surface area contributed by atoms with Crippen LogP contribution in [-0.2, 0) is 0 Å². The molecule has 0 aliphatic heterocycles. The Hall–Kier alpha value is -0.0800. The summed E-state index contributed by atoms with van der Waals surface area (Å²) in [6.45, 7) is 5.38. The van der Waals surface area contributed by atoms with E-state index in [4.69, 9.17) is 10.2 Å². The first kappa shape index (κ1) is 8.92. The normalized spacial score (nSPS) is 21.0. The van der Waals surface area contributed by atoms with Crippen molar-refractivity contribution in [3.8, 4) is 0 Å². The molecule has 0 aromatic heterocycles. The van der Waals surface area contributed by atoms with Crippen molar-refractivity contribution in [1.29, 1.82) is 0 Å². The maximum atomic E-state index is 9.02. The molecule has 0 aromatic carbocycles. The molecule has 0 aromatic rings. The SMILES string of the molecule is CCC([C@H](C)O)[C@@H](C)O. The zero-order valence-corrected chi connectivity index (χ0v) is 6.33. The highest BCUT2D eigenvalue weighted by atomic mass is 16.3. The molecule has 0 aliphatic rings. The standard InChI is InChI=1S/C7H16O2/c1-4-7(5(2)8)6(3)9/h5-9H,4H2,1-3H3/t5-,6+,7?. The fourth-order valence-corrected chi connectivity index (χ4v) is 1.09. The van der Waals surface area contributed by atoms with Crippen LogP contribution in [0.3, 0.4) is 0 Å². The van der Waals surface area contributed by atoms with Crippen LogP contribution in [0.2, 0.25) is 0 Å². The minimum Gasteiger partial charge on any atom is -0.393 e. The van der Waals surface area contributed by atoms with Crippen molar-refractivity contribution in [2.45, 2.75) is 39.4 Å². The van der Waals surface area contributed by atoms with E-state index in [1.807, 2.05) is 6.92 Å². The number of aliphatic hydroxyl groups is 2. The summed E-state index contributed by atoms with van der Waals surface area (Å²) in [4.78, 5) is 0. The molecule has 0 aliphatic carbocycles. The van der Waals surface area contributed by atoms with Gasteiger partial charge in [0.1, 0.15) is 0 Å². The van der Waals surface area contributed by atoms with Gasteiger partial charge in [0.2, 0.25) is 0 Å². The maximum Gasteiger partial charge on any atom is 0.0564 e. The lowest BCUT2D eigenvalue weighted by Crippen LogP contribution is -2.26. The Labute approximate surface area is 56.5 Å². The summed E-state index contributed by atoms with van der Waals surface area (Å²) in [5.74, 6) is 0.0324. The highest BCUT2D eigenvalue weighted by Crippen LogP contribution is 2.12. The molecule has 0 fully saturated rings. The monoisotopic (exact) mass is 132 g/mol. The molecule has 0 rings (SSSR count). The number of hydrogen-bond donors (Lipinski definition) is 2. The maximum absolute atomic E-state index is 9.02. The second-order valence-corrected chi connectivity index (χ2v) is 2.55. The largest absolute Gasteiger partial charge is 0.393 e. The van der Waals surface area contributed by atoms with E-state index in [0.717, 1.165) is 6.42 Å². The van der Waals surface area contributed by atoms with Crippen LogP contribution >= 0.6 is 0 Å². The van der Waals surface area contributed by atoms with Gasteiger partial charge in [-0.25, -0.2) is 0 Å². The third-order valence-corrected chi connectivity index (χ3v) is 1.71. The van der Waals surface area contributed by atoms with Crippen molar-refractivity contribution in [2.24, 2.45) is 5.92 Å². The van der Waals surface area contributed by atoms with Crippen molar-refractivity contribution in [3.63, 3.8) is 0 Å². The molecule has 2 heteroatoms. The Morgan fingerprint density at radius 3 is 1.44 bits per heavy atom. The van der Waals surface area contributed by atoms with Crippen LogP contribution in [0.4, 0.5) is 0 Å². The molecule has 0 bridgehead atoms. The Kier molecular flexibility index (Phi) is 3.82. The summed E-state index contributed by atoms with van der Waals surface area (Å²) >= 11 is 0. The van der Waals surface area contributed by atoms with Gasteiger partial charge in [-0.1, -0.05) is 6.92 Å². The van der Waals surface area contributed by atoms with Gasteiger partial charge in [-0.15, -0.1) is 0 Å². The molecule has 3 atom stereocenters. The third-order valence-electron chi connectivity index (χ3n) is 1.71. The van der Waals surface area contributed by atoms with Crippen LogP contribution in [0.15, 0.2) is 0 Å². The van der Waals surface area contributed by atoms with Gasteiger partial charge in [-0.05, 0) is 20.3 Å². The second-order valence-electron chi connectivity index (χ2n) is 2.55. The Morgan fingerprint density at radius 1 is 1.11 bits per heavy atom. The van der Waals surface area contributed by atoms with Crippen LogP contribution in [0.5, 0.6) is 0 Å². The van der Waals surface area contributed by atoms with E-state index in [1.165, 1.54) is 0 Å². The van der Waals surface area contributed by atoms with Crippen molar-refractivity contribution >= 4 is 0 Å². The van der Waals surface area contributed by atoms with Gasteiger partial charge in [0, 0.05) is 5.92 Å². The van der Waals surface area contributed by atoms with Gasteiger partial charge < -0.3 is 10.2 Å². The first-order chi connectivity index (χ1) is 4.09. The van der Waals surface area contributed by atoms with Crippen LogP contribution in [0.25, 0.3) is 0 Å². The van der Waals surface area contributed by atoms with Gasteiger partial charge in [0.25, 0.3) is 0 Å². The van der Waals surface area contributed by atoms with E-state index >= 15 is 0 Å². The summed E-state index contributed by atoms with van der Waals surface area (Å²) < 4.78 is 0. The van der Waals surface area contributed by atoms with Gasteiger partial charge >= 0.3 is 0 Å². The molecule has 0 radical (unpaired) electrons. The minimum atomic E-state index is -0.394. The predicted molar refractivity (Wildman–Crippen MR) is 37.1 cm³/mol. The highest BCUT2D eigenvalue weighted by Gasteiger charge is 2.17. The Bertz CT molecular complexity index is 61.3. The first-order valence-corrected chi connectivity index (χ1v) is 3.45. The summed E-state index contributed by atoms with van der Waals surface area (Å²) in [5, 5.41) is 18.0. The van der Waals surface area contributed by atoms with Crippen molar-refractivity contribution in [3.05, 3.63) is 0 Å². The summed E-state index contributed by atoms with van der Waals surface area (Å²) in [6.07, 6.45) is 0.0417. The molecule has 1 unspecified atom stereocenters. The van der Waals surface area contributed by atoms with Crippen LogP contribution in [0.1, 0.15) is 27.2 Å². The molecule has 0 saturated carbocycles. The molecule has 0 heterocycles. The van der Waals surface area contributed by atoms with E-state index in [-0.39, 0.29) is 5.92 Å². The first-order valence-electron chi connectivity index (χ1n) is 3.45. The summed E-state index contributed by atoms with van der Waals surface area (Å²) in [5.41, 5.74) is 0. The molecule has 0 saturated heterocycles. The van der Waals surface area contributed by atoms with E-state index in [1.54, 1.807) is 13.8 Å². The second kappa shape index (κ2) is 3.85. The van der Waals surface area contributed by atoms with Gasteiger partial charge in [0.15, 0.2) is 0 Å². The smallest absolute Gasteiger partial charge is 0.0564 e. The fourth-order valence-electron chi connectivity index (χ4n) is 1.09. The van der Waals surface area contributed by atoms with Crippen molar-refractivity contribution in [2.75, 3.05) is 0 Å². The lowest BCUT2D eigenvalue weighted by atomic mass is 9.95. The number of rotatable bonds is 3. The lowest BCUT2D eigenvalue weighted by Gasteiger charge is -2.20. The van der Waals surface area contributed by atoms with E-state index in [2.05, 4.69) is 0 Å². The average molecular weight is 132 g/mol. The molecule has 9 heavy (non-hydrogen) atoms. The average Bonchev–Trinajstić information content (AvgIpc) is 1.64. The summed E-state index contributed by atoms with van der Waals surface area (Å²) in [7, 11) is 0. The molecular formula is C7H16O2. The van der Waals surface area contributed by atoms with E-state index in [0.29, 0.717) is 0 Å². The van der Waals surface area contributed by atoms with Crippen LogP contribution < -0.4 is 0 Å². The molecule has 0 amide bonds. The van der Waals surface area contributed by atoms with Crippen LogP contribution in [-0.4, -0.2) is 22.4 Å². The van der Waals surface area contributed by atoms with E-state index in [9.17, 15) is 0 Å². The molecular weight excluding hydrogens is 116 g/mol. The van der Waals surface area contributed by atoms with Crippen molar-refractivity contribution in [1.82, 2.24) is 0 Å². The quantitative estimate of drug-likeness (QED) is 0.595. The summed E-state index contributed by atoms with van der Waals surface area (Å²) in [6, 6.07) is 0. The highest BCUT2D eigenvalue weighted by molar-refractivity contribution is 4.67. The Balaban J connectivity index is 3.68.